The van der Waals surface area contributed by atoms with Gasteiger partial charge in [0, 0.05) is 32.7 Å². The molecule has 0 amide bonds. The zero-order chi connectivity index (χ0) is 17.0. The van der Waals surface area contributed by atoms with Gasteiger partial charge in [0.25, 0.3) is 0 Å². The lowest BCUT2D eigenvalue weighted by Crippen LogP contribution is -2.48. The van der Waals surface area contributed by atoms with Crippen LogP contribution in [0.1, 0.15) is 12.5 Å². The number of rotatable bonds is 6. The Labute approximate surface area is 147 Å². The lowest BCUT2D eigenvalue weighted by Gasteiger charge is -2.33. The Morgan fingerprint density at radius 2 is 1.79 bits per heavy atom. The summed E-state index contributed by atoms with van der Waals surface area (Å²) in [5.41, 5.74) is 1.29. The monoisotopic (exact) mass is 366 g/mol. The van der Waals surface area contributed by atoms with Crippen LogP contribution in [0.25, 0.3) is 0 Å². The van der Waals surface area contributed by atoms with Crippen LogP contribution in [-0.4, -0.2) is 50.4 Å². The molecule has 1 aromatic carbocycles. The number of thiophene rings is 1. The van der Waals surface area contributed by atoms with Gasteiger partial charge in [-0.2, -0.15) is 15.6 Å². The molecule has 1 aliphatic heterocycles. The molecule has 0 saturated carbocycles. The third-order valence-electron chi connectivity index (χ3n) is 4.09. The maximum Gasteiger partial charge on any atom is 0.243 e. The highest BCUT2D eigenvalue weighted by Crippen LogP contribution is 2.21. The van der Waals surface area contributed by atoms with Crippen LogP contribution in [0.5, 0.6) is 5.75 Å². The first kappa shape index (κ1) is 17.4. The van der Waals surface area contributed by atoms with E-state index in [-0.39, 0.29) is 0 Å². The molecule has 2 aromatic rings. The smallest absolute Gasteiger partial charge is 0.243 e. The van der Waals surface area contributed by atoms with Crippen molar-refractivity contribution in [3.05, 3.63) is 46.7 Å². The summed E-state index contributed by atoms with van der Waals surface area (Å²) in [6.45, 7) is 5.93. The highest BCUT2D eigenvalue weighted by molar-refractivity contribution is 7.89. The average molecular weight is 367 g/mol. The van der Waals surface area contributed by atoms with Crippen LogP contribution in [0.4, 0.5) is 0 Å². The van der Waals surface area contributed by atoms with Gasteiger partial charge in [0.15, 0.2) is 0 Å². The molecule has 3 rings (SSSR count). The highest BCUT2D eigenvalue weighted by Gasteiger charge is 2.28. The van der Waals surface area contributed by atoms with Crippen LogP contribution in [-0.2, 0) is 16.6 Å². The number of sulfonamides is 1. The lowest BCUT2D eigenvalue weighted by molar-refractivity contribution is 0.182. The van der Waals surface area contributed by atoms with Crippen LogP contribution >= 0.6 is 11.3 Å². The molecule has 5 nitrogen and oxygen atoms in total. The van der Waals surface area contributed by atoms with Crippen LogP contribution < -0.4 is 4.74 Å². The van der Waals surface area contributed by atoms with Crippen molar-refractivity contribution in [3.63, 3.8) is 0 Å². The molecule has 0 spiro atoms. The first-order chi connectivity index (χ1) is 11.6. The molecule has 24 heavy (non-hydrogen) atoms. The topological polar surface area (TPSA) is 49.9 Å². The van der Waals surface area contributed by atoms with Gasteiger partial charge in [-0.15, -0.1) is 0 Å². The molecule has 0 atom stereocenters. The summed E-state index contributed by atoms with van der Waals surface area (Å²) in [4.78, 5) is 2.63. The van der Waals surface area contributed by atoms with Gasteiger partial charge in [-0.25, -0.2) is 8.42 Å². The molecule has 0 N–H and O–H groups in total. The van der Waals surface area contributed by atoms with Crippen molar-refractivity contribution >= 4 is 21.4 Å². The lowest BCUT2D eigenvalue weighted by atomic mass is 10.3. The molecular formula is C17H22N2O3S2. The van der Waals surface area contributed by atoms with E-state index in [4.69, 9.17) is 4.74 Å². The molecule has 0 aliphatic carbocycles. The molecule has 1 saturated heterocycles. The number of hydrogen-bond acceptors (Lipinski definition) is 5. The van der Waals surface area contributed by atoms with E-state index in [2.05, 4.69) is 21.7 Å². The summed E-state index contributed by atoms with van der Waals surface area (Å²) in [6.07, 6.45) is 0. The molecule has 0 unspecified atom stereocenters. The molecule has 1 aromatic heterocycles. The molecule has 130 valence electrons. The van der Waals surface area contributed by atoms with Crippen molar-refractivity contribution in [1.82, 2.24) is 9.21 Å². The average Bonchev–Trinajstić information content (AvgIpc) is 3.09. The number of hydrogen-bond donors (Lipinski definition) is 0. The van der Waals surface area contributed by atoms with Crippen molar-refractivity contribution in [1.29, 1.82) is 0 Å². The Morgan fingerprint density at radius 3 is 2.38 bits per heavy atom. The predicted octanol–water partition coefficient (Wildman–Crippen LogP) is 2.65. The molecular weight excluding hydrogens is 344 g/mol. The van der Waals surface area contributed by atoms with Gasteiger partial charge in [-0.3, -0.25) is 4.90 Å². The molecule has 1 aliphatic rings. The van der Waals surface area contributed by atoms with Gasteiger partial charge < -0.3 is 4.74 Å². The van der Waals surface area contributed by atoms with Crippen LogP contribution in [0.15, 0.2) is 46.0 Å². The SMILES string of the molecule is CCOc1ccc(S(=O)(=O)N2CCN(Cc3ccsc3)CC2)cc1. The van der Waals surface area contributed by atoms with Crippen molar-refractivity contribution in [2.75, 3.05) is 32.8 Å². The fourth-order valence-electron chi connectivity index (χ4n) is 2.79. The van der Waals surface area contributed by atoms with Crippen LogP contribution in [0, 0.1) is 0 Å². The van der Waals surface area contributed by atoms with Gasteiger partial charge in [0.2, 0.25) is 10.0 Å². The predicted molar refractivity (Wildman–Crippen MR) is 96.0 cm³/mol. The second kappa shape index (κ2) is 7.65. The van der Waals surface area contributed by atoms with Crippen LogP contribution in [0.2, 0.25) is 0 Å². The summed E-state index contributed by atoms with van der Waals surface area (Å²) in [6, 6.07) is 8.79. The summed E-state index contributed by atoms with van der Waals surface area (Å²) in [5.74, 6) is 0.692. The third kappa shape index (κ3) is 3.97. The van der Waals surface area contributed by atoms with E-state index in [9.17, 15) is 8.42 Å². The number of piperazine rings is 1. The minimum absolute atomic E-state index is 0.331. The Morgan fingerprint density at radius 1 is 1.08 bits per heavy atom. The zero-order valence-electron chi connectivity index (χ0n) is 13.7. The first-order valence-electron chi connectivity index (χ1n) is 8.06. The summed E-state index contributed by atoms with van der Waals surface area (Å²) in [5, 5.41) is 4.21. The van der Waals surface area contributed by atoms with E-state index >= 15 is 0 Å². The van der Waals surface area contributed by atoms with Gasteiger partial charge in [0.05, 0.1) is 11.5 Å². The van der Waals surface area contributed by atoms with E-state index in [0.29, 0.717) is 30.3 Å². The van der Waals surface area contributed by atoms with Crippen molar-refractivity contribution in [2.45, 2.75) is 18.4 Å². The molecule has 0 bridgehead atoms. The quantitative estimate of drug-likeness (QED) is 0.789. The number of nitrogens with zero attached hydrogens (tertiary/aromatic N) is 2. The molecule has 0 radical (unpaired) electrons. The third-order valence-corrected chi connectivity index (χ3v) is 6.73. The number of benzene rings is 1. The highest BCUT2D eigenvalue weighted by atomic mass is 32.2. The summed E-state index contributed by atoms with van der Waals surface area (Å²) >= 11 is 1.69. The van der Waals surface area contributed by atoms with E-state index in [1.165, 1.54) is 5.56 Å². The van der Waals surface area contributed by atoms with E-state index in [1.54, 1.807) is 39.9 Å². The molecule has 1 fully saturated rings. The second-order valence-electron chi connectivity index (χ2n) is 5.72. The second-order valence-corrected chi connectivity index (χ2v) is 8.43. The zero-order valence-corrected chi connectivity index (χ0v) is 15.4. The fraction of sp³-hybridized carbons (Fsp3) is 0.412. The minimum Gasteiger partial charge on any atom is -0.494 e. The van der Waals surface area contributed by atoms with Gasteiger partial charge >= 0.3 is 0 Å². The summed E-state index contributed by atoms with van der Waals surface area (Å²) < 4.78 is 32.4. The van der Waals surface area contributed by atoms with E-state index in [0.717, 1.165) is 19.6 Å². The van der Waals surface area contributed by atoms with E-state index < -0.39 is 10.0 Å². The maximum absolute atomic E-state index is 12.7. The van der Waals surface area contributed by atoms with Gasteiger partial charge in [0.1, 0.15) is 5.75 Å². The molecule has 7 heteroatoms. The van der Waals surface area contributed by atoms with Crippen molar-refractivity contribution in [2.24, 2.45) is 0 Å². The van der Waals surface area contributed by atoms with Gasteiger partial charge in [-0.1, -0.05) is 0 Å². The Bertz CT molecular complexity index is 735. The Hall–Kier alpha value is -1.41. The standard InChI is InChI=1S/C17H22N2O3S2/c1-2-22-16-3-5-17(6-4-16)24(20,21)19-10-8-18(9-11-19)13-15-7-12-23-14-15/h3-7,12,14H,2,8-11,13H2,1H3. The minimum atomic E-state index is -3.43. The fourth-order valence-corrected chi connectivity index (χ4v) is 4.87. The normalized spacial score (nSPS) is 17.0. The maximum atomic E-state index is 12.7. The Kier molecular flexibility index (Phi) is 5.55. The largest absolute Gasteiger partial charge is 0.494 e. The van der Waals surface area contributed by atoms with E-state index in [1.807, 2.05) is 6.92 Å². The Balaban J connectivity index is 1.61. The summed E-state index contributed by atoms with van der Waals surface area (Å²) in [7, 11) is -3.43. The number of ether oxygens (including phenoxy) is 1. The van der Waals surface area contributed by atoms with Crippen molar-refractivity contribution in [3.8, 4) is 5.75 Å². The first-order valence-corrected chi connectivity index (χ1v) is 10.4. The van der Waals surface area contributed by atoms with Crippen LogP contribution in [0.3, 0.4) is 0 Å². The molecule has 2 heterocycles. The van der Waals surface area contributed by atoms with Gasteiger partial charge in [-0.05, 0) is 53.6 Å². The van der Waals surface area contributed by atoms with Crippen molar-refractivity contribution < 1.29 is 13.2 Å².